The third-order valence-corrected chi connectivity index (χ3v) is 18.5. The number of amides is 2. The van der Waals surface area contributed by atoms with E-state index in [1.807, 2.05) is 43.4 Å². The number of carbonyl (C=O) groups excluding carboxylic acids is 3. The van der Waals surface area contributed by atoms with Crippen molar-refractivity contribution in [3.8, 4) is 0 Å². The molecule has 5 atom stereocenters. The number of thioether (sulfide) groups is 2. The maximum absolute atomic E-state index is 15.3. The van der Waals surface area contributed by atoms with Gasteiger partial charge in [0, 0.05) is 52.2 Å². The predicted octanol–water partition coefficient (Wildman–Crippen LogP) is 15.7. The molecule has 5 unspecified atom stereocenters. The second-order valence-electron chi connectivity index (χ2n) is 22.8. The summed E-state index contributed by atoms with van der Waals surface area (Å²) >= 11 is 4.04. The number of carbonyl (C=O) groups is 3. The van der Waals surface area contributed by atoms with Crippen molar-refractivity contribution in [3.05, 3.63) is 63.6 Å². The summed E-state index contributed by atoms with van der Waals surface area (Å²) in [7, 11) is 1.62. The average molecular weight is 1020 g/mol. The SMILES string of the molecule is CCCCC(CC)CSCCCC(C)C(=O)NC1=CC(=NC(C)C)C(C(C)(C)CC)=C/C1=C1\C(=O)C(c2cc3c(cc2NC(=O)C(C)CCCSCC(CC)CCCC)N(C(C)C)C(C)C3(C)C)=C1OC. The molecule has 71 heavy (non-hydrogen) atoms. The summed E-state index contributed by atoms with van der Waals surface area (Å²) in [6, 6.07) is 4.67. The minimum absolute atomic E-state index is 0.0167. The summed E-state index contributed by atoms with van der Waals surface area (Å²) in [4.78, 5) is 51.3. The van der Waals surface area contributed by atoms with Crippen LogP contribution in [0.2, 0.25) is 0 Å². The number of anilines is 2. The van der Waals surface area contributed by atoms with Gasteiger partial charge in [-0.1, -0.05) is 115 Å². The van der Waals surface area contributed by atoms with Crippen molar-refractivity contribution in [1.82, 2.24) is 5.32 Å². The van der Waals surface area contributed by atoms with Crippen molar-refractivity contribution < 1.29 is 19.1 Å². The van der Waals surface area contributed by atoms with Crippen LogP contribution in [-0.2, 0) is 24.5 Å². The Bertz CT molecular complexity index is 2140. The zero-order valence-electron chi connectivity index (χ0n) is 47.7. The van der Waals surface area contributed by atoms with Gasteiger partial charge in [-0.05, 0) is 155 Å². The smallest absolute Gasteiger partial charge is 0.227 e. The first-order valence-corrected chi connectivity index (χ1v) is 30.3. The van der Waals surface area contributed by atoms with Crippen LogP contribution in [0.3, 0.4) is 0 Å². The zero-order valence-corrected chi connectivity index (χ0v) is 49.3. The Morgan fingerprint density at radius 2 is 1.34 bits per heavy atom. The summed E-state index contributed by atoms with van der Waals surface area (Å²) in [5.74, 6) is 5.69. The van der Waals surface area contributed by atoms with Gasteiger partial charge in [0.15, 0.2) is 0 Å². The molecule has 4 rings (SSSR count). The fourth-order valence-corrected chi connectivity index (χ4v) is 12.8. The lowest BCUT2D eigenvalue weighted by Gasteiger charge is -2.34. The van der Waals surface area contributed by atoms with Gasteiger partial charge >= 0.3 is 0 Å². The van der Waals surface area contributed by atoms with Crippen LogP contribution in [0.5, 0.6) is 0 Å². The zero-order chi connectivity index (χ0) is 52.8. The van der Waals surface area contributed by atoms with E-state index in [0.717, 1.165) is 78.0 Å². The number of hydrogen-bond donors (Lipinski definition) is 2. The van der Waals surface area contributed by atoms with E-state index in [2.05, 4.69) is 131 Å². The summed E-state index contributed by atoms with van der Waals surface area (Å²) in [6.45, 7) is 35.1. The normalized spacial score (nSPS) is 20.2. The van der Waals surface area contributed by atoms with Gasteiger partial charge < -0.3 is 20.3 Å². The number of nitrogens with one attached hydrogen (secondary N) is 2. The highest BCUT2D eigenvalue weighted by molar-refractivity contribution is 7.99. The first-order chi connectivity index (χ1) is 33.6. The molecule has 10 heteroatoms. The lowest BCUT2D eigenvalue weighted by molar-refractivity contribution is -0.124. The van der Waals surface area contributed by atoms with Crippen LogP contribution < -0.4 is 15.5 Å². The van der Waals surface area contributed by atoms with E-state index in [9.17, 15) is 9.59 Å². The van der Waals surface area contributed by atoms with E-state index in [-0.39, 0.29) is 58.4 Å². The number of ether oxygens (including phenoxy) is 1. The maximum Gasteiger partial charge on any atom is 0.227 e. The molecule has 1 aliphatic heterocycles. The maximum atomic E-state index is 15.3. The number of rotatable bonds is 30. The minimum atomic E-state index is -0.277. The number of nitrogens with zero attached hydrogens (tertiary/aromatic N) is 2. The second kappa shape index (κ2) is 27.9. The van der Waals surface area contributed by atoms with E-state index >= 15 is 4.79 Å². The number of fused-ring (bicyclic) bond motifs is 1. The minimum Gasteiger partial charge on any atom is -0.495 e. The standard InChI is InChI=1S/C61H98N4O4S2/c1-18-23-29-44(20-3)37-70-31-25-27-41(10)58(67)63-50-35-52(62-39(6)7)48(60(13,14)22-5)33-46(50)54-56(66)55(57(54)69-17)47-34-49-53(65(40(8)9)43(12)61(49,15)16)36-51(47)64-59(68)42(11)28-26-32-71-38-45(21-4)30-24-19-2/h33-36,39-45H,18-32,37-38H2,1-17H3,(H,63,67)(H,64,68)/b54-46-,62-52?. The molecular formula is C61H98N4O4S2. The van der Waals surface area contributed by atoms with Gasteiger partial charge in [0.05, 0.1) is 35.4 Å². The third-order valence-electron chi connectivity index (χ3n) is 16.0. The summed E-state index contributed by atoms with van der Waals surface area (Å²) in [5.41, 5.74) is 6.90. The molecule has 8 nitrogen and oxygen atoms in total. The molecule has 2 aliphatic carbocycles. The number of methoxy groups -OCH3 is 1. The molecule has 0 saturated heterocycles. The number of benzene rings is 1. The molecule has 1 heterocycles. The molecule has 0 aromatic heterocycles. The number of hydrogen-bond acceptors (Lipinski definition) is 8. The van der Waals surface area contributed by atoms with Gasteiger partial charge in [-0.25, -0.2) is 0 Å². The van der Waals surface area contributed by atoms with Crippen LogP contribution in [0.4, 0.5) is 11.4 Å². The Kier molecular flexibility index (Phi) is 23.7. The molecule has 0 fully saturated rings. The van der Waals surface area contributed by atoms with Crippen LogP contribution >= 0.6 is 23.5 Å². The van der Waals surface area contributed by atoms with Crippen LogP contribution in [0.15, 0.2) is 57.5 Å². The van der Waals surface area contributed by atoms with Gasteiger partial charge in [-0.15, -0.1) is 0 Å². The Balaban J connectivity index is 1.78. The fourth-order valence-electron chi connectivity index (χ4n) is 10.3. The fraction of sp³-hybridized carbons (Fsp3) is 0.705. The Hall–Kier alpha value is -3.24. The van der Waals surface area contributed by atoms with Crippen LogP contribution in [0.25, 0.3) is 5.57 Å². The van der Waals surface area contributed by atoms with Gasteiger partial charge in [-0.2, -0.15) is 23.5 Å². The monoisotopic (exact) mass is 1010 g/mol. The molecule has 0 saturated carbocycles. The van der Waals surface area contributed by atoms with Gasteiger partial charge in [0.1, 0.15) is 5.76 Å². The van der Waals surface area contributed by atoms with Crippen molar-refractivity contribution in [3.63, 3.8) is 0 Å². The average Bonchev–Trinajstić information content (AvgIpc) is 3.52. The van der Waals surface area contributed by atoms with E-state index in [0.29, 0.717) is 39.4 Å². The van der Waals surface area contributed by atoms with Gasteiger partial charge in [-0.3, -0.25) is 19.4 Å². The summed E-state index contributed by atoms with van der Waals surface area (Å²) < 4.78 is 6.31. The molecular weight excluding hydrogens is 917 g/mol. The lowest BCUT2D eigenvalue weighted by Crippen LogP contribution is -2.42. The molecule has 0 bridgehead atoms. The molecule has 2 N–H and O–H groups in total. The number of aliphatic imine (C=N–C) groups is 1. The van der Waals surface area contributed by atoms with Crippen molar-refractivity contribution >= 4 is 63.8 Å². The number of allylic oxidation sites excluding steroid dienone is 5. The highest BCUT2D eigenvalue weighted by Crippen LogP contribution is 2.52. The van der Waals surface area contributed by atoms with Crippen molar-refractivity contribution in [2.45, 2.75) is 218 Å². The Morgan fingerprint density at radius 3 is 1.82 bits per heavy atom. The Labute approximate surface area is 441 Å². The summed E-state index contributed by atoms with van der Waals surface area (Å²) in [6.07, 6.45) is 18.5. The topological polar surface area (TPSA) is 100 Å². The number of Topliss-reactive ketones (excluding diaryl/α,β-unsaturated/α-hetero) is 1. The number of unbranched alkanes of at least 4 members (excludes halogenated alkanes) is 2. The molecule has 0 radical (unpaired) electrons. The first-order valence-electron chi connectivity index (χ1n) is 28.0. The highest BCUT2D eigenvalue weighted by atomic mass is 32.2. The van der Waals surface area contributed by atoms with Crippen LogP contribution in [0, 0.1) is 29.1 Å². The summed E-state index contributed by atoms with van der Waals surface area (Å²) in [5, 5.41) is 6.68. The molecule has 3 aliphatic rings. The van der Waals surface area contributed by atoms with E-state index in [1.165, 1.54) is 62.9 Å². The van der Waals surface area contributed by atoms with Crippen LogP contribution in [-0.4, -0.2) is 71.6 Å². The van der Waals surface area contributed by atoms with Crippen molar-refractivity contribution in [2.24, 2.45) is 34.1 Å². The molecule has 0 spiro atoms. The van der Waals surface area contributed by atoms with E-state index < -0.39 is 0 Å². The van der Waals surface area contributed by atoms with Crippen molar-refractivity contribution in [1.29, 1.82) is 0 Å². The third kappa shape index (κ3) is 15.2. The first kappa shape index (κ1) is 60.3. The van der Waals surface area contributed by atoms with E-state index in [4.69, 9.17) is 9.73 Å². The lowest BCUT2D eigenvalue weighted by atomic mass is 9.72. The van der Waals surface area contributed by atoms with Gasteiger partial charge in [0.2, 0.25) is 17.6 Å². The molecule has 1 aromatic rings. The molecule has 2 amide bonds. The predicted molar refractivity (Wildman–Crippen MR) is 310 cm³/mol. The van der Waals surface area contributed by atoms with Crippen molar-refractivity contribution in [2.75, 3.05) is 40.3 Å². The largest absolute Gasteiger partial charge is 0.495 e. The molecule has 1 aromatic carbocycles. The highest BCUT2D eigenvalue weighted by Gasteiger charge is 2.47. The second-order valence-corrected chi connectivity index (χ2v) is 25.1. The number of ketones is 1. The quantitative estimate of drug-likeness (QED) is 0.0585. The molecule has 398 valence electrons. The Morgan fingerprint density at radius 1 is 0.789 bits per heavy atom. The van der Waals surface area contributed by atoms with E-state index in [1.54, 1.807) is 7.11 Å². The van der Waals surface area contributed by atoms with Crippen LogP contribution in [0.1, 0.15) is 205 Å². The van der Waals surface area contributed by atoms with Gasteiger partial charge in [0.25, 0.3) is 0 Å².